The van der Waals surface area contributed by atoms with Crippen LogP contribution in [0.4, 0.5) is 11.7 Å². The molecule has 3 aromatic rings. The van der Waals surface area contributed by atoms with E-state index < -0.39 is 11.4 Å². The standard InChI is InChI=1S/C30H33N3O5/c1-19-5-3-4-6-24(19)32-29-33-28-20(2)15-21(16-25(28)38-29)17-26(34)31-23-9-7-22(8-10-23)30(18-27(35)36)11-13-37-14-12-30/h3-10,15-16,19,24H,11-14,17-18H2,1-2H3,(H,31,34)(H,32,33)(H,35,36). The average molecular weight is 516 g/mol. The normalized spacial score (nSPS) is 20.4. The van der Waals surface area contributed by atoms with Crippen LogP contribution in [0.2, 0.25) is 0 Å². The van der Waals surface area contributed by atoms with E-state index in [4.69, 9.17) is 9.15 Å². The third-order valence-electron chi connectivity index (χ3n) is 7.53. The molecular formula is C30H33N3O5. The average Bonchev–Trinajstić information content (AvgIpc) is 3.29. The van der Waals surface area contributed by atoms with Gasteiger partial charge in [0.25, 0.3) is 6.01 Å². The van der Waals surface area contributed by atoms with Crippen LogP contribution in [-0.2, 0) is 26.2 Å². The molecule has 2 aromatic carbocycles. The maximum atomic E-state index is 12.9. The summed E-state index contributed by atoms with van der Waals surface area (Å²) in [5.74, 6) is -0.638. The molecule has 1 aromatic heterocycles. The number of aliphatic carboxylic acids is 1. The summed E-state index contributed by atoms with van der Waals surface area (Å²) < 4.78 is 11.5. The predicted molar refractivity (Wildman–Crippen MR) is 146 cm³/mol. The summed E-state index contributed by atoms with van der Waals surface area (Å²) in [6.45, 7) is 5.19. The van der Waals surface area contributed by atoms with Crippen LogP contribution in [0.25, 0.3) is 11.1 Å². The molecule has 198 valence electrons. The van der Waals surface area contributed by atoms with Crippen molar-refractivity contribution >= 4 is 34.7 Å². The van der Waals surface area contributed by atoms with E-state index in [-0.39, 0.29) is 24.8 Å². The van der Waals surface area contributed by atoms with Gasteiger partial charge < -0.3 is 24.9 Å². The van der Waals surface area contributed by atoms with E-state index in [2.05, 4.69) is 34.7 Å². The monoisotopic (exact) mass is 515 g/mol. The molecule has 2 heterocycles. The van der Waals surface area contributed by atoms with Gasteiger partial charge in [-0.3, -0.25) is 9.59 Å². The third kappa shape index (κ3) is 5.65. The number of rotatable bonds is 8. The summed E-state index contributed by atoms with van der Waals surface area (Å²) in [6, 6.07) is 11.9. The predicted octanol–water partition coefficient (Wildman–Crippen LogP) is 5.38. The number of aromatic nitrogens is 1. The zero-order valence-electron chi connectivity index (χ0n) is 21.7. The molecule has 1 amide bonds. The number of nitrogens with zero attached hydrogens (tertiary/aromatic N) is 1. The van der Waals surface area contributed by atoms with Gasteiger partial charge in [-0.05, 0) is 60.6 Å². The molecule has 1 saturated heterocycles. The highest BCUT2D eigenvalue weighted by Crippen LogP contribution is 2.38. The fraction of sp³-hybridized carbons (Fsp3) is 0.367. The molecule has 8 nitrogen and oxygen atoms in total. The molecule has 0 radical (unpaired) electrons. The van der Waals surface area contributed by atoms with E-state index in [1.165, 1.54) is 0 Å². The summed E-state index contributed by atoms with van der Waals surface area (Å²) in [5.41, 5.74) is 4.39. The molecule has 2 unspecified atom stereocenters. The number of carbonyl (C=O) groups excluding carboxylic acids is 1. The molecule has 0 spiro atoms. The van der Waals surface area contributed by atoms with Crippen LogP contribution in [0.15, 0.2) is 65.1 Å². The lowest BCUT2D eigenvalue weighted by atomic mass is 9.72. The molecule has 0 bridgehead atoms. The zero-order chi connectivity index (χ0) is 26.7. The van der Waals surface area contributed by atoms with Gasteiger partial charge in [0.2, 0.25) is 5.91 Å². The van der Waals surface area contributed by atoms with E-state index in [9.17, 15) is 14.7 Å². The van der Waals surface area contributed by atoms with Crippen molar-refractivity contribution in [1.82, 2.24) is 4.98 Å². The summed E-state index contributed by atoms with van der Waals surface area (Å²) >= 11 is 0. The van der Waals surface area contributed by atoms with Crippen LogP contribution >= 0.6 is 0 Å². The van der Waals surface area contributed by atoms with Gasteiger partial charge in [-0.1, -0.05) is 49.4 Å². The van der Waals surface area contributed by atoms with Crippen LogP contribution in [0, 0.1) is 12.8 Å². The van der Waals surface area contributed by atoms with E-state index >= 15 is 0 Å². The van der Waals surface area contributed by atoms with Gasteiger partial charge in [-0.15, -0.1) is 0 Å². The zero-order valence-corrected chi connectivity index (χ0v) is 21.7. The number of amides is 1. The number of aryl methyl sites for hydroxylation is 1. The Hall–Kier alpha value is -3.91. The fourth-order valence-corrected chi connectivity index (χ4v) is 5.39. The molecule has 38 heavy (non-hydrogen) atoms. The number of carboxylic acids is 1. The van der Waals surface area contributed by atoms with Gasteiger partial charge in [0.05, 0.1) is 18.9 Å². The van der Waals surface area contributed by atoms with Crippen molar-refractivity contribution in [3.05, 3.63) is 77.4 Å². The van der Waals surface area contributed by atoms with Gasteiger partial charge in [0, 0.05) is 24.3 Å². The fourth-order valence-electron chi connectivity index (χ4n) is 5.39. The first-order valence-corrected chi connectivity index (χ1v) is 13.0. The summed E-state index contributed by atoms with van der Waals surface area (Å²) in [6.07, 6.45) is 9.85. The number of nitrogens with one attached hydrogen (secondary N) is 2. The van der Waals surface area contributed by atoms with E-state index in [1.807, 2.05) is 55.5 Å². The number of carbonyl (C=O) groups is 2. The van der Waals surface area contributed by atoms with Gasteiger partial charge in [-0.25, -0.2) is 0 Å². The molecular weight excluding hydrogens is 482 g/mol. The minimum Gasteiger partial charge on any atom is -0.481 e. The smallest absolute Gasteiger partial charge is 0.304 e. The van der Waals surface area contributed by atoms with E-state index in [0.29, 0.717) is 49.3 Å². The topological polar surface area (TPSA) is 114 Å². The lowest BCUT2D eigenvalue weighted by Crippen LogP contribution is -2.36. The van der Waals surface area contributed by atoms with Crippen molar-refractivity contribution in [3.63, 3.8) is 0 Å². The van der Waals surface area contributed by atoms with Crippen molar-refractivity contribution in [1.29, 1.82) is 0 Å². The Morgan fingerprint density at radius 1 is 1.11 bits per heavy atom. The van der Waals surface area contributed by atoms with Crippen molar-refractivity contribution in [2.75, 3.05) is 23.8 Å². The quantitative estimate of drug-likeness (QED) is 0.369. The number of benzene rings is 2. The highest BCUT2D eigenvalue weighted by Gasteiger charge is 2.36. The number of ether oxygens (including phenoxy) is 1. The third-order valence-corrected chi connectivity index (χ3v) is 7.53. The summed E-state index contributed by atoms with van der Waals surface area (Å²) in [4.78, 5) is 29.0. The Morgan fingerprint density at radius 3 is 2.55 bits per heavy atom. The number of fused-ring (bicyclic) bond motifs is 1. The largest absolute Gasteiger partial charge is 0.481 e. The first-order valence-electron chi connectivity index (χ1n) is 13.0. The molecule has 5 rings (SSSR count). The van der Waals surface area contributed by atoms with Crippen molar-refractivity contribution < 1.29 is 23.8 Å². The molecule has 2 aliphatic rings. The molecule has 2 atom stereocenters. The van der Waals surface area contributed by atoms with Crippen molar-refractivity contribution in [3.8, 4) is 0 Å². The van der Waals surface area contributed by atoms with Crippen molar-refractivity contribution in [2.45, 2.75) is 51.0 Å². The number of hydrogen-bond donors (Lipinski definition) is 3. The Kier molecular flexibility index (Phi) is 7.33. The number of allylic oxidation sites excluding steroid dienone is 2. The Labute approximate surface area is 221 Å². The molecule has 0 saturated carbocycles. The highest BCUT2D eigenvalue weighted by atomic mass is 16.5. The summed E-state index contributed by atoms with van der Waals surface area (Å²) in [5, 5.41) is 15.8. The number of oxazole rings is 1. The second kappa shape index (κ2) is 10.8. The molecule has 3 N–H and O–H groups in total. The molecule has 1 aliphatic heterocycles. The van der Waals surface area contributed by atoms with Gasteiger partial charge >= 0.3 is 5.97 Å². The number of carboxylic acid groups (broad SMARTS) is 1. The van der Waals surface area contributed by atoms with Crippen LogP contribution in [-0.4, -0.2) is 41.2 Å². The van der Waals surface area contributed by atoms with Crippen LogP contribution in [0.3, 0.4) is 0 Å². The maximum Gasteiger partial charge on any atom is 0.304 e. The lowest BCUT2D eigenvalue weighted by molar-refractivity contribution is -0.139. The van der Waals surface area contributed by atoms with Gasteiger partial charge in [-0.2, -0.15) is 4.98 Å². The van der Waals surface area contributed by atoms with Gasteiger partial charge in [0.1, 0.15) is 5.52 Å². The van der Waals surface area contributed by atoms with Crippen LogP contribution < -0.4 is 10.6 Å². The SMILES string of the molecule is Cc1cc(CC(=O)Nc2ccc(C3(CC(=O)O)CCOCC3)cc2)cc2oc(NC3C=CC=CC3C)nc12. The summed E-state index contributed by atoms with van der Waals surface area (Å²) in [7, 11) is 0. The first-order chi connectivity index (χ1) is 18.3. The second-order valence-corrected chi connectivity index (χ2v) is 10.3. The first kappa shape index (κ1) is 25.7. The number of anilines is 2. The Bertz CT molecular complexity index is 1380. The van der Waals surface area contributed by atoms with E-state index in [1.54, 1.807) is 0 Å². The maximum absolute atomic E-state index is 12.9. The van der Waals surface area contributed by atoms with Crippen LogP contribution in [0.1, 0.15) is 42.9 Å². The van der Waals surface area contributed by atoms with E-state index in [0.717, 1.165) is 22.2 Å². The Balaban J connectivity index is 1.25. The Morgan fingerprint density at radius 2 is 1.84 bits per heavy atom. The molecule has 1 fully saturated rings. The van der Waals surface area contributed by atoms with Gasteiger partial charge in [0.15, 0.2) is 5.58 Å². The second-order valence-electron chi connectivity index (χ2n) is 10.3. The number of hydrogen-bond acceptors (Lipinski definition) is 6. The highest BCUT2D eigenvalue weighted by molar-refractivity contribution is 5.93. The minimum absolute atomic E-state index is 0.0657. The molecule has 8 heteroatoms. The van der Waals surface area contributed by atoms with Crippen molar-refractivity contribution in [2.24, 2.45) is 5.92 Å². The van der Waals surface area contributed by atoms with Crippen LogP contribution in [0.5, 0.6) is 0 Å². The minimum atomic E-state index is -0.816. The molecule has 1 aliphatic carbocycles. The lowest BCUT2D eigenvalue weighted by Gasteiger charge is -2.36.